The molecule has 2 aliphatic rings. The first-order chi connectivity index (χ1) is 7.66. The molecule has 0 spiro atoms. The van der Waals surface area contributed by atoms with Crippen molar-refractivity contribution in [2.75, 3.05) is 0 Å². The van der Waals surface area contributed by atoms with Crippen LogP contribution in [0.3, 0.4) is 0 Å². The highest BCUT2D eigenvalue weighted by molar-refractivity contribution is 5.81. The molecule has 0 aliphatic heterocycles. The Morgan fingerprint density at radius 3 is 2.62 bits per heavy atom. The van der Waals surface area contributed by atoms with Crippen LogP contribution in [-0.4, -0.2) is 18.0 Å². The zero-order valence-electron chi connectivity index (χ0n) is 9.99. The summed E-state index contributed by atoms with van der Waals surface area (Å²) in [5.41, 5.74) is 5.75. The molecule has 0 saturated heterocycles. The van der Waals surface area contributed by atoms with Gasteiger partial charge in [-0.05, 0) is 32.1 Å². The summed E-state index contributed by atoms with van der Waals surface area (Å²) in [6.45, 7) is 2.13. The number of amides is 1. The van der Waals surface area contributed by atoms with Gasteiger partial charge in [0, 0.05) is 12.1 Å². The predicted octanol–water partition coefficient (Wildman–Crippen LogP) is 1.58. The Labute approximate surface area is 97.5 Å². The fraction of sp³-hybridized carbons (Fsp3) is 0.769. The number of carbonyl (C=O) groups excluding carboxylic acids is 1. The van der Waals surface area contributed by atoms with Crippen molar-refractivity contribution >= 4 is 5.91 Å². The summed E-state index contributed by atoms with van der Waals surface area (Å²) in [5.74, 6) is 0.838. The predicted molar refractivity (Wildman–Crippen MR) is 64.8 cm³/mol. The molecular formula is C13H22N2O. The van der Waals surface area contributed by atoms with Crippen molar-refractivity contribution in [2.24, 2.45) is 17.6 Å². The summed E-state index contributed by atoms with van der Waals surface area (Å²) in [4.78, 5) is 11.9. The van der Waals surface area contributed by atoms with E-state index in [4.69, 9.17) is 5.73 Å². The summed E-state index contributed by atoms with van der Waals surface area (Å²) in [7, 11) is 0. The first-order valence-electron chi connectivity index (χ1n) is 6.41. The largest absolute Gasteiger partial charge is 0.353 e. The molecular weight excluding hydrogens is 200 g/mol. The van der Waals surface area contributed by atoms with Gasteiger partial charge >= 0.3 is 0 Å². The van der Waals surface area contributed by atoms with Gasteiger partial charge in [0.05, 0.1) is 5.92 Å². The van der Waals surface area contributed by atoms with Gasteiger partial charge in [-0.25, -0.2) is 0 Å². The topological polar surface area (TPSA) is 55.1 Å². The van der Waals surface area contributed by atoms with E-state index < -0.39 is 0 Å². The Balaban J connectivity index is 1.80. The van der Waals surface area contributed by atoms with E-state index in [9.17, 15) is 4.79 Å². The van der Waals surface area contributed by atoms with E-state index in [1.165, 1.54) is 25.7 Å². The molecule has 1 fully saturated rings. The van der Waals surface area contributed by atoms with Crippen LogP contribution in [0.2, 0.25) is 0 Å². The van der Waals surface area contributed by atoms with Crippen LogP contribution in [0, 0.1) is 11.8 Å². The molecule has 0 aromatic rings. The third-order valence-electron chi connectivity index (χ3n) is 3.93. The Bertz CT molecular complexity index is 282. The van der Waals surface area contributed by atoms with Gasteiger partial charge in [-0.15, -0.1) is 0 Å². The van der Waals surface area contributed by atoms with E-state index in [1.54, 1.807) is 0 Å². The number of rotatable bonds is 3. The van der Waals surface area contributed by atoms with Crippen LogP contribution in [0.4, 0.5) is 0 Å². The fourth-order valence-corrected chi connectivity index (χ4v) is 2.83. The molecule has 1 amide bonds. The van der Waals surface area contributed by atoms with Gasteiger partial charge in [-0.1, -0.05) is 25.0 Å². The summed E-state index contributed by atoms with van der Waals surface area (Å²) >= 11 is 0. The molecule has 3 atom stereocenters. The highest BCUT2D eigenvalue weighted by Gasteiger charge is 2.27. The second-order valence-electron chi connectivity index (χ2n) is 5.23. The van der Waals surface area contributed by atoms with Crippen molar-refractivity contribution < 1.29 is 4.79 Å². The third kappa shape index (κ3) is 2.64. The second kappa shape index (κ2) is 5.00. The number of hydrogen-bond acceptors (Lipinski definition) is 2. The lowest BCUT2D eigenvalue weighted by atomic mass is 9.98. The van der Waals surface area contributed by atoms with E-state index in [0.717, 1.165) is 6.42 Å². The van der Waals surface area contributed by atoms with Crippen molar-refractivity contribution in [3.63, 3.8) is 0 Å². The third-order valence-corrected chi connectivity index (χ3v) is 3.93. The molecule has 0 aromatic carbocycles. The summed E-state index contributed by atoms with van der Waals surface area (Å²) < 4.78 is 0. The SMILES string of the molecule is C[C@H](NC(=O)C1C=CC(N)C1)C1CCCC1. The molecule has 0 aromatic heterocycles. The maximum atomic E-state index is 11.9. The minimum atomic E-state index is -0.00106. The van der Waals surface area contributed by atoms with Crippen LogP contribution in [-0.2, 0) is 4.79 Å². The molecule has 90 valence electrons. The van der Waals surface area contributed by atoms with Crippen LogP contribution < -0.4 is 11.1 Å². The van der Waals surface area contributed by atoms with Crippen molar-refractivity contribution in [1.82, 2.24) is 5.32 Å². The monoisotopic (exact) mass is 222 g/mol. The summed E-state index contributed by atoms with van der Waals surface area (Å²) in [5, 5.41) is 3.14. The first kappa shape index (κ1) is 11.6. The normalized spacial score (nSPS) is 31.9. The number of hydrogen-bond donors (Lipinski definition) is 2. The van der Waals surface area contributed by atoms with Gasteiger partial charge in [0.15, 0.2) is 0 Å². The lowest BCUT2D eigenvalue weighted by Gasteiger charge is -2.22. The van der Waals surface area contributed by atoms with Gasteiger partial charge < -0.3 is 11.1 Å². The molecule has 2 rings (SSSR count). The number of nitrogens with two attached hydrogens (primary N) is 1. The Kier molecular flexibility index (Phi) is 3.64. The average Bonchev–Trinajstić information content (AvgIpc) is 2.87. The standard InChI is InChI=1S/C13H22N2O/c1-9(10-4-2-3-5-10)15-13(16)11-6-7-12(14)8-11/h6-7,9-12H,2-5,8,14H2,1H3,(H,15,16)/t9-,11?,12?/m0/s1. The molecule has 3 heteroatoms. The number of carbonyl (C=O) groups is 1. The van der Waals surface area contributed by atoms with Crippen LogP contribution >= 0.6 is 0 Å². The molecule has 16 heavy (non-hydrogen) atoms. The molecule has 0 heterocycles. The van der Waals surface area contributed by atoms with E-state index in [2.05, 4.69) is 12.2 Å². The molecule has 0 radical (unpaired) electrons. The van der Waals surface area contributed by atoms with Crippen molar-refractivity contribution in [1.29, 1.82) is 0 Å². The average molecular weight is 222 g/mol. The van der Waals surface area contributed by atoms with Crippen molar-refractivity contribution in [3.05, 3.63) is 12.2 Å². The maximum absolute atomic E-state index is 11.9. The van der Waals surface area contributed by atoms with Crippen molar-refractivity contribution in [3.8, 4) is 0 Å². The highest BCUT2D eigenvalue weighted by Crippen LogP contribution is 2.28. The van der Waals surface area contributed by atoms with Gasteiger partial charge in [-0.2, -0.15) is 0 Å². The molecule has 0 bridgehead atoms. The zero-order valence-corrected chi connectivity index (χ0v) is 9.99. The molecule has 2 aliphatic carbocycles. The summed E-state index contributed by atoms with van der Waals surface area (Å²) in [6, 6.07) is 0.387. The van der Waals surface area contributed by atoms with E-state index in [1.807, 2.05) is 12.2 Å². The Morgan fingerprint density at radius 2 is 2.06 bits per heavy atom. The molecule has 3 nitrogen and oxygen atoms in total. The van der Waals surface area contributed by atoms with Crippen LogP contribution in [0.15, 0.2) is 12.2 Å². The van der Waals surface area contributed by atoms with E-state index >= 15 is 0 Å². The van der Waals surface area contributed by atoms with Crippen molar-refractivity contribution in [2.45, 2.75) is 51.1 Å². The fourth-order valence-electron chi connectivity index (χ4n) is 2.83. The zero-order chi connectivity index (χ0) is 11.5. The Morgan fingerprint density at radius 1 is 1.38 bits per heavy atom. The second-order valence-corrected chi connectivity index (χ2v) is 5.23. The summed E-state index contributed by atoms with van der Waals surface area (Å²) in [6.07, 6.45) is 9.82. The number of nitrogens with one attached hydrogen (secondary N) is 1. The minimum Gasteiger partial charge on any atom is -0.353 e. The van der Waals surface area contributed by atoms with Gasteiger partial charge in [0.2, 0.25) is 5.91 Å². The molecule has 1 saturated carbocycles. The maximum Gasteiger partial charge on any atom is 0.227 e. The molecule has 2 unspecified atom stereocenters. The van der Waals surface area contributed by atoms with Gasteiger partial charge in [-0.3, -0.25) is 4.79 Å². The van der Waals surface area contributed by atoms with Crippen LogP contribution in [0.5, 0.6) is 0 Å². The quantitative estimate of drug-likeness (QED) is 0.712. The lowest BCUT2D eigenvalue weighted by molar-refractivity contribution is -0.124. The van der Waals surface area contributed by atoms with E-state index in [0.29, 0.717) is 12.0 Å². The lowest BCUT2D eigenvalue weighted by Crippen LogP contribution is -2.40. The molecule has 3 N–H and O–H groups in total. The van der Waals surface area contributed by atoms with Crippen LogP contribution in [0.1, 0.15) is 39.0 Å². The van der Waals surface area contributed by atoms with Gasteiger partial charge in [0.25, 0.3) is 0 Å². The van der Waals surface area contributed by atoms with Gasteiger partial charge in [0.1, 0.15) is 0 Å². The van der Waals surface area contributed by atoms with Crippen LogP contribution in [0.25, 0.3) is 0 Å². The Hall–Kier alpha value is -0.830. The highest BCUT2D eigenvalue weighted by atomic mass is 16.1. The smallest absolute Gasteiger partial charge is 0.227 e. The first-order valence-corrected chi connectivity index (χ1v) is 6.41. The van der Waals surface area contributed by atoms with E-state index in [-0.39, 0.29) is 17.9 Å². The minimum absolute atomic E-state index is 0.00106.